The summed E-state index contributed by atoms with van der Waals surface area (Å²) in [6, 6.07) is 8.77. The minimum atomic E-state index is -3.19. The van der Waals surface area contributed by atoms with Crippen molar-refractivity contribution in [3.05, 3.63) is 36.5 Å². The van der Waals surface area contributed by atoms with Crippen LogP contribution in [0, 0.1) is 0 Å². The maximum Gasteiger partial charge on any atom is 0.177 e. The van der Waals surface area contributed by atoms with Crippen LogP contribution in [0.15, 0.2) is 41.4 Å². The van der Waals surface area contributed by atoms with Gasteiger partial charge in [-0.05, 0) is 12.1 Å². The number of sulfone groups is 1. The van der Waals surface area contributed by atoms with Crippen LogP contribution in [0.5, 0.6) is 0 Å². The molecule has 0 amide bonds. The first-order valence-corrected chi connectivity index (χ1v) is 6.02. The average Bonchev–Trinajstić information content (AvgIpc) is 2.15. The Labute approximate surface area is 82.3 Å². The Morgan fingerprint density at radius 2 is 1.86 bits per heavy atom. The third kappa shape index (κ3) is 1.48. The highest BCUT2D eigenvalue weighted by Crippen LogP contribution is 2.19. The standard InChI is InChI=1S/C10H9NO2S/c1-14(12,13)9-6-2-4-8-5-3-7-11-10(8)9/h2-7H,1H3. The Balaban J connectivity index is 2.92. The van der Waals surface area contributed by atoms with Gasteiger partial charge in [-0.1, -0.05) is 18.2 Å². The van der Waals surface area contributed by atoms with Crippen LogP contribution in [0.2, 0.25) is 0 Å². The number of para-hydroxylation sites is 1. The maximum atomic E-state index is 11.4. The molecule has 0 bridgehead atoms. The van der Waals surface area contributed by atoms with Crippen molar-refractivity contribution >= 4 is 20.7 Å². The molecule has 0 unspecified atom stereocenters. The lowest BCUT2D eigenvalue weighted by Gasteiger charge is -2.02. The summed E-state index contributed by atoms with van der Waals surface area (Å²) in [7, 11) is -3.19. The van der Waals surface area contributed by atoms with Crippen molar-refractivity contribution in [3.63, 3.8) is 0 Å². The zero-order valence-electron chi connectivity index (χ0n) is 7.64. The Hall–Kier alpha value is -1.42. The summed E-state index contributed by atoms with van der Waals surface area (Å²) in [5.74, 6) is 0. The van der Waals surface area contributed by atoms with Crippen molar-refractivity contribution in [1.82, 2.24) is 4.98 Å². The molecule has 0 N–H and O–H groups in total. The van der Waals surface area contributed by atoms with E-state index in [4.69, 9.17) is 0 Å². The molecule has 4 heteroatoms. The molecular formula is C10H9NO2S. The first-order chi connectivity index (χ1) is 6.59. The van der Waals surface area contributed by atoms with E-state index in [1.165, 1.54) is 6.26 Å². The van der Waals surface area contributed by atoms with Crippen LogP contribution in [-0.2, 0) is 9.84 Å². The molecule has 14 heavy (non-hydrogen) atoms. The smallest absolute Gasteiger partial charge is 0.177 e. The largest absolute Gasteiger partial charge is 0.255 e. The molecule has 0 aliphatic rings. The monoisotopic (exact) mass is 207 g/mol. The highest BCUT2D eigenvalue weighted by Gasteiger charge is 2.11. The molecule has 0 radical (unpaired) electrons. The fraction of sp³-hybridized carbons (Fsp3) is 0.100. The molecule has 0 atom stereocenters. The van der Waals surface area contributed by atoms with Crippen LogP contribution < -0.4 is 0 Å². The third-order valence-corrected chi connectivity index (χ3v) is 3.12. The maximum absolute atomic E-state index is 11.4. The second kappa shape index (κ2) is 3.06. The Bertz CT molecular complexity index is 570. The van der Waals surface area contributed by atoms with Crippen LogP contribution >= 0.6 is 0 Å². The summed E-state index contributed by atoms with van der Waals surface area (Å²) < 4.78 is 22.8. The second-order valence-electron chi connectivity index (χ2n) is 3.10. The number of aromatic nitrogens is 1. The molecule has 0 saturated carbocycles. The lowest BCUT2D eigenvalue weighted by Crippen LogP contribution is -1.98. The van der Waals surface area contributed by atoms with Crippen molar-refractivity contribution < 1.29 is 8.42 Å². The van der Waals surface area contributed by atoms with E-state index >= 15 is 0 Å². The molecule has 0 spiro atoms. The van der Waals surface area contributed by atoms with Gasteiger partial charge in [0, 0.05) is 17.8 Å². The zero-order valence-corrected chi connectivity index (χ0v) is 8.45. The summed E-state index contributed by atoms with van der Waals surface area (Å²) in [6.45, 7) is 0. The van der Waals surface area contributed by atoms with Gasteiger partial charge in [0.05, 0.1) is 10.4 Å². The Kier molecular flexibility index (Phi) is 2.00. The van der Waals surface area contributed by atoms with E-state index in [1.807, 2.05) is 12.1 Å². The molecule has 2 rings (SSSR count). The third-order valence-electron chi connectivity index (χ3n) is 2.00. The van der Waals surface area contributed by atoms with E-state index < -0.39 is 9.84 Å². The number of benzene rings is 1. The fourth-order valence-corrected chi connectivity index (χ4v) is 2.22. The molecule has 0 aliphatic heterocycles. The zero-order chi connectivity index (χ0) is 10.2. The minimum absolute atomic E-state index is 0.288. The normalized spacial score (nSPS) is 11.8. The van der Waals surface area contributed by atoms with E-state index in [2.05, 4.69) is 4.98 Å². The predicted molar refractivity (Wildman–Crippen MR) is 54.9 cm³/mol. The van der Waals surface area contributed by atoms with Gasteiger partial charge in [-0.25, -0.2) is 8.42 Å². The van der Waals surface area contributed by atoms with Gasteiger partial charge in [0.1, 0.15) is 0 Å². The first kappa shape index (κ1) is 9.15. The predicted octanol–water partition coefficient (Wildman–Crippen LogP) is 1.64. The van der Waals surface area contributed by atoms with Crippen LogP contribution in [0.25, 0.3) is 10.9 Å². The summed E-state index contributed by atoms with van der Waals surface area (Å²) in [5, 5.41) is 0.843. The second-order valence-corrected chi connectivity index (χ2v) is 5.09. The van der Waals surface area contributed by atoms with E-state index in [-0.39, 0.29) is 4.90 Å². The van der Waals surface area contributed by atoms with Crippen molar-refractivity contribution in [1.29, 1.82) is 0 Å². The van der Waals surface area contributed by atoms with Crippen molar-refractivity contribution in [2.75, 3.05) is 6.26 Å². The van der Waals surface area contributed by atoms with Gasteiger partial charge in [0.2, 0.25) is 0 Å². The van der Waals surface area contributed by atoms with E-state index in [0.717, 1.165) is 5.39 Å². The average molecular weight is 207 g/mol. The molecule has 1 aromatic carbocycles. The molecule has 2 aromatic rings. The minimum Gasteiger partial charge on any atom is -0.255 e. The van der Waals surface area contributed by atoms with Crippen LogP contribution in [0.1, 0.15) is 0 Å². The van der Waals surface area contributed by atoms with E-state index in [9.17, 15) is 8.42 Å². The summed E-state index contributed by atoms with van der Waals surface area (Å²) in [4.78, 5) is 4.36. The number of fused-ring (bicyclic) bond motifs is 1. The van der Waals surface area contributed by atoms with Gasteiger partial charge in [-0.15, -0.1) is 0 Å². The Morgan fingerprint density at radius 3 is 2.57 bits per heavy atom. The van der Waals surface area contributed by atoms with Crippen LogP contribution in [0.4, 0.5) is 0 Å². The molecule has 72 valence electrons. The molecule has 1 heterocycles. The molecular weight excluding hydrogens is 198 g/mol. The number of rotatable bonds is 1. The van der Waals surface area contributed by atoms with E-state index in [1.54, 1.807) is 24.4 Å². The number of hydrogen-bond donors (Lipinski definition) is 0. The molecule has 0 fully saturated rings. The SMILES string of the molecule is CS(=O)(=O)c1cccc2cccnc12. The highest BCUT2D eigenvalue weighted by atomic mass is 32.2. The summed E-state index contributed by atoms with van der Waals surface area (Å²) in [5.41, 5.74) is 0.539. The van der Waals surface area contributed by atoms with Crippen LogP contribution in [0.3, 0.4) is 0 Å². The van der Waals surface area contributed by atoms with Gasteiger partial charge in [-0.3, -0.25) is 4.98 Å². The molecule has 1 aromatic heterocycles. The highest BCUT2D eigenvalue weighted by molar-refractivity contribution is 7.91. The van der Waals surface area contributed by atoms with Crippen molar-refractivity contribution in [2.24, 2.45) is 0 Å². The van der Waals surface area contributed by atoms with Gasteiger partial charge in [0.15, 0.2) is 9.84 Å². The van der Waals surface area contributed by atoms with Gasteiger partial charge < -0.3 is 0 Å². The number of pyridine rings is 1. The topological polar surface area (TPSA) is 47.0 Å². The number of nitrogens with zero attached hydrogens (tertiary/aromatic N) is 1. The fourth-order valence-electron chi connectivity index (χ4n) is 1.38. The molecule has 0 saturated heterocycles. The van der Waals surface area contributed by atoms with Gasteiger partial charge in [-0.2, -0.15) is 0 Å². The van der Waals surface area contributed by atoms with Gasteiger partial charge >= 0.3 is 0 Å². The van der Waals surface area contributed by atoms with Crippen molar-refractivity contribution in [3.8, 4) is 0 Å². The number of hydrogen-bond acceptors (Lipinski definition) is 3. The summed E-state index contributed by atoms with van der Waals surface area (Å²) in [6.07, 6.45) is 2.79. The van der Waals surface area contributed by atoms with E-state index in [0.29, 0.717) is 5.52 Å². The molecule has 0 aliphatic carbocycles. The lowest BCUT2D eigenvalue weighted by molar-refractivity contribution is 0.602. The Morgan fingerprint density at radius 1 is 1.14 bits per heavy atom. The first-order valence-electron chi connectivity index (χ1n) is 4.13. The molecule has 3 nitrogen and oxygen atoms in total. The van der Waals surface area contributed by atoms with Crippen LogP contribution in [-0.4, -0.2) is 19.7 Å². The quantitative estimate of drug-likeness (QED) is 0.714. The van der Waals surface area contributed by atoms with Gasteiger partial charge in [0.25, 0.3) is 0 Å². The summed E-state index contributed by atoms with van der Waals surface area (Å²) >= 11 is 0. The van der Waals surface area contributed by atoms with Crippen molar-refractivity contribution in [2.45, 2.75) is 4.90 Å². The lowest BCUT2D eigenvalue weighted by atomic mass is 10.2.